The fourth-order valence-electron chi connectivity index (χ4n) is 0.471. The van der Waals surface area contributed by atoms with E-state index in [-0.39, 0.29) is 6.42 Å². The zero-order chi connectivity index (χ0) is 18.8. The van der Waals surface area contributed by atoms with Crippen LogP contribution in [-0.4, -0.2) is 32.2 Å². The Hall–Kier alpha value is -1.26. The molecule has 0 aliphatic rings. The highest BCUT2D eigenvalue weighted by Gasteiger charge is 2.47. The number of hydrogen-bond donors (Lipinski definition) is 0. The lowest BCUT2D eigenvalue weighted by Crippen LogP contribution is -2.34. The third-order valence-corrected chi connectivity index (χ3v) is 1.58. The molecule has 0 aliphatic carbocycles. The molecule has 0 aliphatic heterocycles. The molecular formula is C11H14F10O. The summed E-state index contributed by atoms with van der Waals surface area (Å²) in [5.74, 6) is -2.41. The average Bonchev–Trinajstić information content (AvgIpc) is 2.38. The van der Waals surface area contributed by atoms with E-state index in [4.69, 9.17) is 0 Å². The van der Waals surface area contributed by atoms with E-state index in [1.807, 2.05) is 6.58 Å². The number of allylic oxidation sites excluding steroid dienone is 1. The maximum absolute atomic E-state index is 11.9. The molecular weight excluding hydrogens is 338 g/mol. The molecule has 0 spiro atoms. The second kappa shape index (κ2) is 10.5. The van der Waals surface area contributed by atoms with Gasteiger partial charge in [-0.15, -0.1) is 0 Å². The van der Waals surface area contributed by atoms with E-state index in [0.717, 1.165) is 0 Å². The van der Waals surface area contributed by atoms with E-state index in [1.165, 1.54) is 6.92 Å². The summed E-state index contributed by atoms with van der Waals surface area (Å²) in [4.78, 5) is 0. The minimum absolute atomic E-state index is 0.0243. The molecule has 134 valence electrons. The monoisotopic (exact) mass is 352 g/mol. The third kappa shape index (κ3) is 12.5. The van der Waals surface area contributed by atoms with Crippen molar-refractivity contribution in [3.8, 4) is 0 Å². The molecule has 0 saturated heterocycles. The van der Waals surface area contributed by atoms with E-state index >= 15 is 0 Å². The zero-order valence-corrected chi connectivity index (χ0v) is 11.5. The third-order valence-electron chi connectivity index (χ3n) is 1.58. The average molecular weight is 352 g/mol. The number of ether oxygens (including phenoxy) is 1. The van der Waals surface area contributed by atoms with Gasteiger partial charge >= 0.3 is 18.4 Å². The summed E-state index contributed by atoms with van der Waals surface area (Å²) >= 11 is 0. The number of halogens is 10. The van der Waals surface area contributed by atoms with E-state index < -0.39 is 36.5 Å². The molecule has 0 rings (SSSR count). The summed E-state index contributed by atoms with van der Waals surface area (Å²) in [6.45, 7) is 3.83. The number of alkyl halides is 9. The summed E-state index contributed by atoms with van der Waals surface area (Å²) < 4.78 is 116. The minimum Gasteiger partial charge on any atom is -0.255 e. The Morgan fingerprint density at radius 2 is 1.32 bits per heavy atom. The van der Waals surface area contributed by atoms with Crippen LogP contribution in [0.2, 0.25) is 0 Å². The normalized spacial score (nSPS) is 11.6. The lowest BCUT2D eigenvalue weighted by atomic mass is 10.2. The van der Waals surface area contributed by atoms with Crippen LogP contribution in [0.15, 0.2) is 24.6 Å². The van der Waals surface area contributed by atoms with Crippen LogP contribution in [0.5, 0.6) is 0 Å². The first kappa shape index (κ1) is 25.7. The molecule has 0 aromatic carbocycles. The molecule has 0 radical (unpaired) electrons. The highest BCUT2D eigenvalue weighted by molar-refractivity contribution is 5.00. The van der Waals surface area contributed by atoms with Crippen LogP contribution in [0.25, 0.3) is 0 Å². The highest BCUT2D eigenvalue weighted by atomic mass is 19.4. The van der Waals surface area contributed by atoms with Gasteiger partial charge in [0.15, 0.2) is 12.5 Å². The number of rotatable bonds is 5. The van der Waals surface area contributed by atoms with Crippen molar-refractivity contribution in [3.05, 3.63) is 24.6 Å². The SMILES string of the molecule is C=C(CC)C(F)(F)F.C=C(F)C(F)(F)OC(F)(F)CF.CF. The van der Waals surface area contributed by atoms with Crippen LogP contribution in [0.3, 0.4) is 0 Å². The van der Waals surface area contributed by atoms with Crippen molar-refractivity contribution >= 4 is 0 Å². The quantitative estimate of drug-likeness (QED) is 0.453. The second-order valence-electron chi connectivity index (χ2n) is 3.25. The van der Waals surface area contributed by atoms with E-state index in [9.17, 15) is 43.9 Å². The Kier molecular flexibility index (Phi) is 12.2. The van der Waals surface area contributed by atoms with Crippen LogP contribution in [-0.2, 0) is 4.74 Å². The Balaban J connectivity index is -0.000000313. The van der Waals surface area contributed by atoms with Gasteiger partial charge in [-0.1, -0.05) is 20.1 Å². The van der Waals surface area contributed by atoms with Crippen molar-refractivity contribution in [2.24, 2.45) is 0 Å². The summed E-state index contributed by atoms with van der Waals surface area (Å²) in [5, 5.41) is 0. The fourth-order valence-corrected chi connectivity index (χ4v) is 0.471. The molecule has 0 unspecified atom stereocenters. The van der Waals surface area contributed by atoms with Crippen molar-refractivity contribution in [2.45, 2.75) is 31.7 Å². The molecule has 0 aromatic heterocycles. The second-order valence-corrected chi connectivity index (χ2v) is 3.25. The zero-order valence-electron chi connectivity index (χ0n) is 11.5. The molecule has 0 saturated carbocycles. The van der Waals surface area contributed by atoms with Gasteiger partial charge in [-0.3, -0.25) is 4.39 Å². The Morgan fingerprint density at radius 1 is 0.955 bits per heavy atom. The molecule has 0 heterocycles. The molecule has 0 N–H and O–H groups in total. The summed E-state index contributed by atoms with van der Waals surface area (Å²) in [7, 11) is 0.500. The summed E-state index contributed by atoms with van der Waals surface area (Å²) in [5.41, 5.74) is -0.669. The van der Waals surface area contributed by atoms with Crippen molar-refractivity contribution in [1.29, 1.82) is 0 Å². The molecule has 0 atom stereocenters. The van der Waals surface area contributed by atoms with Gasteiger partial charge in [0.25, 0.3) is 0 Å². The predicted molar refractivity (Wildman–Crippen MR) is 59.7 cm³/mol. The van der Waals surface area contributed by atoms with Gasteiger partial charge in [-0.25, -0.2) is 13.5 Å². The van der Waals surface area contributed by atoms with Crippen molar-refractivity contribution in [1.82, 2.24) is 0 Å². The summed E-state index contributed by atoms with van der Waals surface area (Å²) in [6, 6.07) is 0. The molecule has 0 aromatic rings. The van der Waals surface area contributed by atoms with Gasteiger partial charge < -0.3 is 0 Å². The smallest absolute Gasteiger partial charge is 0.255 e. The number of hydrogen-bond acceptors (Lipinski definition) is 1. The van der Waals surface area contributed by atoms with Gasteiger partial charge in [0, 0.05) is 5.57 Å². The van der Waals surface area contributed by atoms with Crippen LogP contribution in [0.4, 0.5) is 43.9 Å². The van der Waals surface area contributed by atoms with Crippen molar-refractivity contribution in [3.63, 3.8) is 0 Å². The Bertz CT molecular complexity index is 334. The molecule has 0 bridgehead atoms. The predicted octanol–water partition coefficient (Wildman–Crippen LogP) is 5.74. The molecule has 1 nitrogen and oxygen atoms in total. The lowest BCUT2D eigenvalue weighted by Gasteiger charge is -2.19. The lowest BCUT2D eigenvalue weighted by molar-refractivity contribution is -0.366. The van der Waals surface area contributed by atoms with Gasteiger partial charge in [-0.2, -0.15) is 30.7 Å². The first-order valence-corrected chi connectivity index (χ1v) is 5.19. The topological polar surface area (TPSA) is 9.23 Å². The molecule has 11 heteroatoms. The van der Waals surface area contributed by atoms with Crippen LogP contribution in [0, 0.1) is 0 Å². The van der Waals surface area contributed by atoms with Crippen LogP contribution < -0.4 is 0 Å². The first-order valence-electron chi connectivity index (χ1n) is 5.19. The maximum atomic E-state index is 11.9. The van der Waals surface area contributed by atoms with Gasteiger partial charge in [-0.05, 0) is 6.42 Å². The minimum atomic E-state index is -4.87. The first-order chi connectivity index (χ1) is 9.69. The standard InChI is InChI=1S/C5H4F6O.C5H7F3.CH3F/c1-3(7)5(10,11)12-4(8,9)2-6;1-3-4(2)5(6,7)8;1-2/h1-2H2;2-3H2,1H3;1H3. The maximum Gasteiger partial charge on any atom is 0.413 e. The van der Waals surface area contributed by atoms with E-state index in [0.29, 0.717) is 7.18 Å². The molecule has 22 heavy (non-hydrogen) atoms. The Labute approximate surface area is 120 Å². The fraction of sp³-hybridized carbons (Fsp3) is 0.636. The Morgan fingerprint density at radius 3 is 1.45 bits per heavy atom. The van der Waals surface area contributed by atoms with Crippen LogP contribution >= 0.6 is 0 Å². The molecule has 0 amide bonds. The van der Waals surface area contributed by atoms with Gasteiger partial charge in [0.2, 0.25) is 0 Å². The highest BCUT2D eigenvalue weighted by Crippen LogP contribution is 2.32. The van der Waals surface area contributed by atoms with Crippen LogP contribution in [0.1, 0.15) is 13.3 Å². The van der Waals surface area contributed by atoms with Gasteiger partial charge in [0.05, 0.1) is 7.18 Å². The largest absolute Gasteiger partial charge is 0.413 e. The molecule has 0 fully saturated rings. The van der Waals surface area contributed by atoms with Gasteiger partial charge in [0.1, 0.15) is 0 Å². The van der Waals surface area contributed by atoms with E-state index in [2.05, 4.69) is 11.3 Å². The van der Waals surface area contributed by atoms with E-state index in [1.54, 1.807) is 0 Å². The summed E-state index contributed by atoms with van der Waals surface area (Å²) in [6.07, 6.45) is -13.8. The van der Waals surface area contributed by atoms with Crippen molar-refractivity contribution < 1.29 is 48.6 Å². The van der Waals surface area contributed by atoms with Crippen molar-refractivity contribution in [2.75, 3.05) is 13.9 Å².